The molecule has 3 heterocycles. The molecule has 6 aromatic carbocycles. The van der Waals surface area contributed by atoms with Crippen molar-refractivity contribution < 1.29 is 0 Å². The topological polar surface area (TPSA) is 41.9 Å². The van der Waals surface area contributed by atoms with Gasteiger partial charge in [0.25, 0.3) is 0 Å². The molecule has 4 heteroatoms. The molecular weight excluding hydrogens is 573 g/mol. The Bertz CT molecular complexity index is 2330. The van der Waals surface area contributed by atoms with Gasteiger partial charge in [0.05, 0.1) is 17.1 Å². The summed E-state index contributed by atoms with van der Waals surface area (Å²) >= 11 is 0. The Morgan fingerprint density at radius 1 is 0.447 bits per heavy atom. The summed E-state index contributed by atoms with van der Waals surface area (Å²) in [5, 5.41) is 2.38. The van der Waals surface area contributed by atoms with Gasteiger partial charge in [-0.25, -0.2) is 15.0 Å². The maximum atomic E-state index is 5.14. The normalized spacial score (nSPS) is 11.8. The van der Waals surface area contributed by atoms with Crippen molar-refractivity contribution in [3.63, 3.8) is 0 Å². The highest BCUT2D eigenvalue weighted by Gasteiger charge is 2.28. The fourth-order valence-electron chi connectivity index (χ4n) is 6.68. The van der Waals surface area contributed by atoms with Crippen LogP contribution in [0.2, 0.25) is 0 Å². The van der Waals surface area contributed by atoms with Crippen LogP contribution < -0.4 is 4.90 Å². The van der Waals surface area contributed by atoms with E-state index in [0.717, 1.165) is 62.0 Å². The predicted molar refractivity (Wildman–Crippen MR) is 193 cm³/mol. The van der Waals surface area contributed by atoms with E-state index in [0.29, 0.717) is 0 Å². The van der Waals surface area contributed by atoms with E-state index in [4.69, 9.17) is 9.97 Å². The Hall–Kier alpha value is -6.39. The molecule has 8 aromatic rings. The van der Waals surface area contributed by atoms with E-state index >= 15 is 0 Å². The van der Waals surface area contributed by atoms with Crippen LogP contribution in [0.4, 0.5) is 17.2 Å². The van der Waals surface area contributed by atoms with Crippen molar-refractivity contribution in [1.29, 1.82) is 0 Å². The highest BCUT2D eigenvalue weighted by Crippen LogP contribution is 2.50. The van der Waals surface area contributed by atoms with Crippen LogP contribution in [-0.4, -0.2) is 15.0 Å². The monoisotopic (exact) mass is 600 g/mol. The lowest BCUT2D eigenvalue weighted by molar-refractivity contribution is 1.11. The largest absolute Gasteiger partial charge is 0.294 e. The van der Waals surface area contributed by atoms with Crippen LogP contribution in [0.3, 0.4) is 0 Å². The van der Waals surface area contributed by atoms with Gasteiger partial charge < -0.3 is 0 Å². The average molecular weight is 601 g/mol. The minimum Gasteiger partial charge on any atom is -0.294 e. The van der Waals surface area contributed by atoms with E-state index in [1.807, 2.05) is 18.3 Å². The highest BCUT2D eigenvalue weighted by molar-refractivity contribution is 6.14. The summed E-state index contributed by atoms with van der Waals surface area (Å²) in [6.07, 6.45) is 3.57. The van der Waals surface area contributed by atoms with Crippen molar-refractivity contribution >= 4 is 28.0 Å². The van der Waals surface area contributed by atoms with Crippen LogP contribution in [0.5, 0.6) is 0 Å². The van der Waals surface area contributed by atoms with E-state index < -0.39 is 0 Å². The minimum atomic E-state index is 0.869. The molecule has 1 aliphatic rings. The fraction of sp³-hybridized carbons (Fsp3) is 0. The van der Waals surface area contributed by atoms with Gasteiger partial charge in [-0.3, -0.25) is 4.90 Å². The van der Waals surface area contributed by atoms with Gasteiger partial charge in [-0.1, -0.05) is 115 Å². The summed E-state index contributed by atoms with van der Waals surface area (Å²) in [7, 11) is 0. The third-order valence-electron chi connectivity index (χ3n) is 8.92. The van der Waals surface area contributed by atoms with E-state index in [-0.39, 0.29) is 0 Å². The highest BCUT2D eigenvalue weighted by atomic mass is 15.2. The van der Waals surface area contributed by atoms with Gasteiger partial charge in [0.15, 0.2) is 0 Å². The second kappa shape index (κ2) is 11.2. The first-order chi connectivity index (χ1) is 23.3. The number of nitrogens with zero attached hydrogens (tertiary/aromatic N) is 4. The van der Waals surface area contributed by atoms with Crippen LogP contribution in [0.25, 0.3) is 66.7 Å². The number of rotatable bonds is 5. The van der Waals surface area contributed by atoms with Crippen LogP contribution >= 0.6 is 0 Å². The molecule has 0 aliphatic carbocycles. The Balaban J connectivity index is 1.17. The van der Waals surface area contributed by atoms with Gasteiger partial charge in [-0.15, -0.1) is 0 Å². The standard InChI is InChI=1S/C43H28N4/c1-4-11-29(12-5-1)34-23-33-17-10-18-41-42(33)37(24-34)38-27-44-28-45-43(38)47(41)36-21-19-32(20-22-36)40-26-35(30-13-6-2-7-14-30)25-39(46-40)31-15-8-3-9-16-31/h1-28H. The molecule has 9 rings (SSSR count). The van der Waals surface area contributed by atoms with Crippen molar-refractivity contribution in [3.05, 3.63) is 170 Å². The molecule has 0 bridgehead atoms. The molecule has 220 valence electrons. The summed E-state index contributed by atoms with van der Waals surface area (Å²) in [6.45, 7) is 0. The molecule has 0 atom stereocenters. The fourth-order valence-corrected chi connectivity index (χ4v) is 6.68. The van der Waals surface area contributed by atoms with Crippen molar-refractivity contribution in [2.75, 3.05) is 4.90 Å². The Morgan fingerprint density at radius 3 is 1.70 bits per heavy atom. The molecule has 0 N–H and O–H groups in total. The lowest BCUT2D eigenvalue weighted by Crippen LogP contribution is -2.16. The summed E-state index contributed by atoms with van der Waals surface area (Å²) in [5.74, 6) is 0.869. The number of anilines is 3. The molecule has 1 aliphatic heterocycles. The third-order valence-corrected chi connectivity index (χ3v) is 8.92. The molecule has 2 aromatic heterocycles. The Kier molecular flexibility index (Phi) is 6.43. The molecule has 0 saturated carbocycles. The van der Waals surface area contributed by atoms with Gasteiger partial charge in [0.1, 0.15) is 12.1 Å². The lowest BCUT2D eigenvalue weighted by Gasteiger charge is -2.32. The van der Waals surface area contributed by atoms with Crippen molar-refractivity contribution in [1.82, 2.24) is 15.0 Å². The minimum absolute atomic E-state index is 0.869. The Morgan fingerprint density at radius 2 is 1.04 bits per heavy atom. The average Bonchev–Trinajstić information content (AvgIpc) is 3.16. The molecule has 0 amide bonds. The smallest absolute Gasteiger partial charge is 0.148 e. The summed E-state index contributed by atoms with van der Waals surface area (Å²) in [5.41, 5.74) is 13.0. The van der Waals surface area contributed by atoms with Gasteiger partial charge in [0.2, 0.25) is 0 Å². The number of benzene rings is 6. The molecule has 47 heavy (non-hydrogen) atoms. The van der Waals surface area contributed by atoms with E-state index in [1.54, 1.807) is 6.33 Å². The molecule has 0 radical (unpaired) electrons. The van der Waals surface area contributed by atoms with Gasteiger partial charge >= 0.3 is 0 Å². The molecule has 0 fully saturated rings. The Labute approximate surface area is 273 Å². The van der Waals surface area contributed by atoms with Gasteiger partial charge in [-0.2, -0.15) is 0 Å². The molecule has 4 nitrogen and oxygen atoms in total. The quantitative estimate of drug-likeness (QED) is 0.197. The second-order valence-electron chi connectivity index (χ2n) is 11.8. The van der Waals surface area contributed by atoms with E-state index in [1.165, 1.54) is 21.9 Å². The van der Waals surface area contributed by atoms with E-state index in [9.17, 15) is 0 Å². The molecular formula is C43H28N4. The number of hydrogen-bond acceptors (Lipinski definition) is 4. The number of aromatic nitrogens is 3. The second-order valence-corrected chi connectivity index (χ2v) is 11.8. The van der Waals surface area contributed by atoms with Crippen LogP contribution in [-0.2, 0) is 0 Å². The maximum absolute atomic E-state index is 5.14. The van der Waals surface area contributed by atoms with Crippen LogP contribution in [0.1, 0.15) is 0 Å². The number of pyridine rings is 1. The third kappa shape index (κ3) is 4.75. The number of hydrogen-bond donors (Lipinski definition) is 0. The first-order valence-electron chi connectivity index (χ1n) is 15.8. The maximum Gasteiger partial charge on any atom is 0.148 e. The zero-order valence-electron chi connectivity index (χ0n) is 25.5. The lowest BCUT2D eigenvalue weighted by atomic mass is 9.90. The summed E-state index contributed by atoms with van der Waals surface area (Å²) in [4.78, 5) is 16.7. The van der Waals surface area contributed by atoms with Crippen LogP contribution in [0.15, 0.2) is 170 Å². The predicted octanol–water partition coefficient (Wildman–Crippen LogP) is 11.1. The zero-order valence-corrected chi connectivity index (χ0v) is 25.5. The van der Waals surface area contributed by atoms with Crippen molar-refractivity contribution in [2.24, 2.45) is 0 Å². The molecule has 0 saturated heterocycles. The van der Waals surface area contributed by atoms with Crippen molar-refractivity contribution in [2.45, 2.75) is 0 Å². The zero-order chi connectivity index (χ0) is 31.2. The first-order valence-corrected chi connectivity index (χ1v) is 15.8. The summed E-state index contributed by atoms with van der Waals surface area (Å²) < 4.78 is 0. The molecule has 0 spiro atoms. The SMILES string of the molecule is c1ccc(-c2cc(-c3ccccc3)nc(-c3ccc(N4c5ncncc5-c5cc(-c6ccccc6)cc6cccc4c56)cc3)c2)cc1. The van der Waals surface area contributed by atoms with Gasteiger partial charge in [-0.05, 0) is 75.7 Å². The van der Waals surface area contributed by atoms with Crippen molar-refractivity contribution in [3.8, 4) is 55.9 Å². The summed E-state index contributed by atoms with van der Waals surface area (Å²) in [6, 6.07) is 55.5. The van der Waals surface area contributed by atoms with E-state index in [2.05, 4.69) is 155 Å². The molecule has 0 unspecified atom stereocenters. The first kappa shape index (κ1) is 27.0. The van der Waals surface area contributed by atoms with Gasteiger partial charge in [0, 0.05) is 34.0 Å². The van der Waals surface area contributed by atoms with Crippen LogP contribution in [0, 0.1) is 0 Å². The number of fused-ring (bicyclic) bond motifs is 2.